The van der Waals surface area contributed by atoms with Crippen molar-refractivity contribution in [2.75, 3.05) is 22.6 Å². The summed E-state index contributed by atoms with van der Waals surface area (Å²) < 4.78 is 33.2. The molecule has 0 unspecified atom stereocenters. The molecule has 0 aliphatic carbocycles. The van der Waals surface area contributed by atoms with Gasteiger partial charge in [0.25, 0.3) is 5.56 Å². The van der Waals surface area contributed by atoms with Gasteiger partial charge in [-0.05, 0) is 22.2 Å². The van der Waals surface area contributed by atoms with E-state index in [4.69, 9.17) is 22.4 Å². The molecule has 0 radical (unpaired) electrons. The Hall–Kier alpha value is -2.64. The Labute approximate surface area is 248 Å². The third kappa shape index (κ3) is 6.78. The first-order chi connectivity index (χ1) is 19.6. The Kier molecular flexibility index (Phi) is 10.8. The fourth-order valence-electron chi connectivity index (χ4n) is 5.71. The summed E-state index contributed by atoms with van der Waals surface area (Å²) in [6.45, 7) is 19.4. The van der Waals surface area contributed by atoms with Crippen LogP contribution < -0.4 is 21.5 Å². The van der Waals surface area contributed by atoms with E-state index in [9.17, 15) is 19.2 Å². The minimum atomic E-state index is -3.08. The van der Waals surface area contributed by atoms with Crippen molar-refractivity contribution in [3.05, 3.63) is 10.4 Å². The molecule has 0 saturated carbocycles. The normalized spacial score (nSPS) is 25.1. The van der Waals surface area contributed by atoms with Gasteiger partial charge in [-0.15, -0.1) is 0 Å². The van der Waals surface area contributed by atoms with Crippen LogP contribution in [0.25, 0.3) is 0 Å². The standard InChI is InChI=1S/C26H45N5O9Si2/c1-13(2)41(14(3)4)36-11-19-21(39-42(40-41,15(5)6)16(7)8)22(37-18(10)34)25(38-19)29-23-20(27-12-32)24(35)31-26(30-23)28-17(9)33/h12-16,19,21-22,25H,11H2,1-10H3,(H,27,32)(H3,28,29,30,31,33,35)/t19-,21-,22-,25-/m1/s1. The molecule has 16 heteroatoms. The summed E-state index contributed by atoms with van der Waals surface area (Å²) in [7, 11) is -5.94. The number of hydrogen-bond acceptors (Lipinski definition) is 11. The lowest BCUT2D eigenvalue weighted by Gasteiger charge is -2.51. The lowest BCUT2D eigenvalue weighted by Crippen LogP contribution is -2.66. The first-order valence-corrected chi connectivity index (χ1v) is 18.2. The number of anilines is 3. The number of amides is 2. The molecule has 2 fully saturated rings. The van der Waals surface area contributed by atoms with Crippen LogP contribution in [0, 0.1) is 0 Å². The molecule has 0 spiro atoms. The van der Waals surface area contributed by atoms with E-state index in [0.717, 1.165) is 0 Å². The summed E-state index contributed by atoms with van der Waals surface area (Å²) in [4.78, 5) is 54.7. The molecule has 0 aromatic carbocycles. The topological polar surface area (TPSA) is 179 Å². The molecule has 1 aromatic rings. The van der Waals surface area contributed by atoms with Crippen molar-refractivity contribution in [3.8, 4) is 0 Å². The number of H-pyrrole nitrogens is 1. The third-order valence-electron chi connectivity index (χ3n) is 7.64. The molecule has 236 valence electrons. The van der Waals surface area contributed by atoms with Gasteiger partial charge in [-0.2, -0.15) is 4.98 Å². The monoisotopic (exact) mass is 627 g/mol. The highest BCUT2D eigenvalue weighted by Gasteiger charge is 2.62. The number of carbonyl (C=O) groups excluding carboxylic acids is 3. The highest BCUT2D eigenvalue weighted by atomic mass is 28.5. The van der Waals surface area contributed by atoms with Crippen molar-refractivity contribution in [2.45, 2.75) is 116 Å². The summed E-state index contributed by atoms with van der Waals surface area (Å²) in [6, 6.07) is 0. The maximum Gasteiger partial charge on any atom is 0.335 e. The van der Waals surface area contributed by atoms with Gasteiger partial charge in [0.2, 0.25) is 18.3 Å². The molecule has 42 heavy (non-hydrogen) atoms. The van der Waals surface area contributed by atoms with Crippen molar-refractivity contribution in [3.63, 3.8) is 0 Å². The number of aromatic nitrogens is 2. The number of nitrogens with zero attached hydrogens (tertiary/aromatic N) is 1. The van der Waals surface area contributed by atoms with Gasteiger partial charge >= 0.3 is 23.1 Å². The molecule has 3 heterocycles. The van der Waals surface area contributed by atoms with Crippen molar-refractivity contribution >= 4 is 52.9 Å². The van der Waals surface area contributed by atoms with Crippen LogP contribution >= 0.6 is 0 Å². The summed E-state index contributed by atoms with van der Waals surface area (Å²) in [6.07, 6.45) is -3.16. The highest BCUT2D eigenvalue weighted by Crippen LogP contribution is 2.48. The van der Waals surface area contributed by atoms with Crippen LogP contribution in [0.1, 0.15) is 69.2 Å². The Balaban J connectivity index is 2.13. The smallest absolute Gasteiger partial charge is 0.335 e. The minimum Gasteiger partial charge on any atom is -0.455 e. The summed E-state index contributed by atoms with van der Waals surface area (Å²) in [5.74, 6) is -1.29. The number of hydrogen-bond donors (Lipinski definition) is 4. The Morgan fingerprint density at radius 3 is 2.12 bits per heavy atom. The van der Waals surface area contributed by atoms with Crippen LogP contribution in [0.5, 0.6) is 0 Å². The van der Waals surface area contributed by atoms with E-state index in [0.29, 0.717) is 6.41 Å². The zero-order valence-electron chi connectivity index (χ0n) is 26.0. The van der Waals surface area contributed by atoms with E-state index in [2.05, 4.69) is 81.3 Å². The van der Waals surface area contributed by atoms with Gasteiger partial charge in [-0.25, -0.2) is 0 Å². The van der Waals surface area contributed by atoms with E-state index in [1.807, 2.05) is 0 Å². The van der Waals surface area contributed by atoms with Crippen LogP contribution in [0.3, 0.4) is 0 Å². The van der Waals surface area contributed by atoms with E-state index in [1.165, 1.54) is 13.8 Å². The Morgan fingerprint density at radius 2 is 1.62 bits per heavy atom. The van der Waals surface area contributed by atoms with Gasteiger partial charge in [0.05, 0.1) is 6.61 Å². The average Bonchev–Trinajstić information content (AvgIpc) is 3.14. The minimum absolute atomic E-state index is 0.0205. The summed E-state index contributed by atoms with van der Waals surface area (Å²) >= 11 is 0. The molecule has 2 saturated heterocycles. The van der Waals surface area contributed by atoms with E-state index in [-0.39, 0.29) is 46.2 Å². The zero-order chi connectivity index (χ0) is 31.6. The molecule has 2 aliphatic heterocycles. The fourth-order valence-corrected chi connectivity index (χ4v) is 16.9. The number of rotatable bonds is 10. The SMILES string of the molecule is CC(=O)Nc1nc(N[C@@H]2O[C@@H]3CO[Si](C(C)C)(C(C)C)O[Si](C(C)C)(C(C)C)O[C@H]3[C@H]2OC(C)=O)c(NC=O)c(=O)[nH]1. The highest BCUT2D eigenvalue weighted by molar-refractivity contribution is 6.84. The lowest BCUT2D eigenvalue weighted by atomic mass is 10.1. The molecular weight excluding hydrogens is 582 g/mol. The van der Waals surface area contributed by atoms with Crippen LogP contribution in [0.15, 0.2) is 4.79 Å². The molecule has 3 rings (SSSR count). The fraction of sp³-hybridized carbons (Fsp3) is 0.731. The quantitative estimate of drug-likeness (QED) is 0.170. The number of ether oxygens (including phenoxy) is 2. The summed E-state index contributed by atoms with van der Waals surface area (Å²) in [5, 5.41) is 7.74. The maximum absolute atomic E-state index is 12.8. The van der Waals surface area contributed by atoms with Gasteiger partial charge in [0.15, 0.2) is 18.1 Å². The molecule has 4 atom stereocenters. The third-order valence-corrected chi connectivity index (χ3v) is 17.9. The van der Waals surface area contributed by atoms with Crippen LogP contribution in [0.2, 0.25) is 22.2 Å². The first-order valence-electron chi connectivity index (χ1n) is 14.3. The van der Waals surface area contributed by atoms with Crippen molar-refractivity contribution in [1.82, 2.24) is 9.97 Å². The van der Waals surface area contributed by atoms with Gasteiger partial charge in [-0.1, -0.05) is 55.4 Å². The van der Waals surface area contributed by atoms with E-state index < -0.39 is 59.1 Å². The van der Waals surface area contributed by atoms with Gasteiger partial charge in [-0.3, -0.25) is 29.5 Å². The number of esters is 1. The van der Waals surface area contributed by atoms with Crippen molar-refractivity contribution in [2.24, 2.45) is 0 Å². The zero-order valence-corrected chi connectivity index (χ0v) is 28.0. The Morgan fingerprint density at radius 1 is 1.02 bits per heavy atom. The molecular formula is C26H45N5O9Si2. The van der Waals surface area contributed by atoms with Gasteiger partial charge in [0, 0.05) is 13.8 Å². The van der Waals surface area contributed by atoms with Crippen molar-refractivity contribution in [1.29, 1.82) is 0 Å². The largest absolute Gasteiger partial charge is 0.455 e. The number of carbonyl (C=O) groups is 3. The molecule has 2 amide bonds. The molecule has 14 nitrogen and oxygen atoms in total. The predicted octanol–water partition coefficient (Wildman–Crippen LogP) is 3.32. The number of aromatic amines is 1. The van der Waals surface area contributed by atoms with E-state index >= 15 is 0 Å². The van der Waals surface area contributed by atoms with Crippen LogP contribution in [0.4, 0.5) is 17.5 Å². The first kappa shape index (κ1) is 33.9. The van der Waals surface area contributed by atoms with Gasteiger partial charge < -0.3 is 33.1 Å². The molecule has 4 N–H and O–H groups in total. The van der Waals surface area contributed by atoms with Crippen LogP contribution in [-0.2, 0) is 36.8 Å². The predicted molar refractivity (Wildman–Crippen MR) is 160 cm³/mol. The number of fused-ring (bicyclic) bond motifs is 1. The van der Waals surface area contributed by atoms with Gasteiger partial charge in [0.1, 0.15) is 17.9 Å². The molecule has 1 aromatic heterocycles. The maximum atomic E-state index is 12.8. The molecule has 0 bridgehead atoms. The average molecular weight is 628 g/mol. The Bertz CT molecular complexity index is 1190. The van der Waals surface area contributed by atoms with E-state index in [1.54, 1.807) is 0 Å². The lowest BCUT2D eigenvalue weighted by molar-refractivity contribution is -0.152. The second-order valence-electron chi connectivity index (χ2n) is 12.0. The second kappa shape index (κ2) is 13.3. The molecule has 2 aliphatic rings. The van der Waals surface area contributed by atoms with Crippen LogP contribution in [-0.4, -0.2) is 76.5 Å². The van der Waals surface area contributed by atoms with Crippen molar-refractivity contribution < 1.29 is 36.8 Å². The number of nitrogens with one attached hydrogen (secondary N) is 4. The summed E-state index contributed by atoms with van der Waals surface area (Å²) in [5.41, 5.74) is -0.662. The second-order valence-corrected chi connectivity index (χ2v) is 20.8.